The standard InChI is InChI=1S/C12H17ClO/c1-8(2)10-4-11(9(3)7-14)6-12(13)5-10/h4-6,8-9,14H,7H2,1-3H3. The summed E-state index contributed by atoms with van der Waals surface area (Å²) in [4.78, 5) is 0. The molecule has 0 heterocycles. The highest BCUT2D eigenvalue weighted by Crippen LogP contribution is 2.25. The quantitative estimate of drug-likeness (QED) is 0.813. The molecule has 0 aliphatic heterocycles. The number of hydrogen-bond donors (Lipinski definition) is 1. The van der Waals surface area contributed by atoms with Gasteiger partial charge in [-0.3, -0.25) is 0 Å². The van der Waals surface area contributed by atoms with E-state index < -0.39 is 0 Å². The van der Waals surface area contributed by atoms with E-state index in [4.69, 9.17) is 16.7 Å². The molecule has 0 aromatic heterocycles. The van der Waals surface area contributed by atoms with Gasteiger partial charge in [-0.15, -0.1) is 0 Å². The molecule has 0 saturated carbocycles. The van der Waals surface area contributed by atoms with Crippen LogP contribution in [0, 0.1) is 0 Å². The van der Waals surface area contributed by atoms with Gasteiger partial charge in [0.1, 0.15) is 0 Å². The molecule has 1 rings (SSSR count). The molecule has 78 valence electrons. The van der Waals surface area contributed by atoms with Crippen molar-refractivity contribution >= 4 is 11.6 Å². The average Bonchev–Trinajstić information content (AvgIpc) is 2.15. The lowest BCUT2D eigenvalue weighted by molar-refractivity contribution is 0.273. The molecule has 1 aromatic rings. The molecule has 0 bridgehead atoms. The molecule has 0 saturated heterocycles. The molecule has 1 unspecified atom stereocenters. The van der Waals surface area contributed by atoms with Crippen molar-refractivity contribution in [2.45, 2.75) is 32.6 Å². The smallest absolute Gasteiger partial charge is 0.0497 e. The van der Waals surface area contributed by atoms with E-state index >= 15 is 0 Å². The van der Waals surface area contributed by atoms with E-state index in [1.165, 1.54) is 5.56 Å². The van der Waals surface area contributed by atoms with Crippen LogP contribution in [0.25, 0.3) is 0 Å². The van der Waals surface area contributed by atoms with Crippen LogP contribution in [0.3, 0.4) is 0 Å². The molecule has 0 amide bonds. The first-order valence-corrected chi connectivity index (χ1v) is 5.33. The van der Waals surface area contributed by atoms with E-state index in [9.17, 15) is 0 Å². The second kappa shape index (κ2) is 4.81. The van der Waals surface area contributed by atoms with Crippen LogP contribution in [-0.2, 0) is 0 Å². The molecule has 0 radical (unpaired) electrons. The number of halogens is 1. The third-order valence-corrected chi connectivity index (χ3v) is 2.67. The highest BCUT2D eigenvalue weighted by molar-refractivity contribution is 6.30. The zero-order valence-corrected chi connectivity index (χ0v) is 9.67. The van der Waals surface area contributed by atoms with Crippen LogP contribution in [0.1, 0.15) is 43.7 Å². The molecule has 0 fully saturated rings. The predicted octanol–water partition coefficient (Wildman–Crippen LogP) is 3.56. The van der Waals surface area contributed by atoms with Crippen molar-refractivity contribution in [3.8, 4) is 0 Å². The van der Waals surface area contributed by atoms with Crippen molar-refractivity contribution < 1.29 is 5.11 Å². The first kappa shape index (κ1) is 11.5. The Bertz CT molecular complexity index is 307. The molecule has 0 aliphatic rings. The molecule has 1 nitrogen and oxygen atoms in total. The lowest BCUT2D eigenvalue weighted by atomic mass is 9.95. The highest BCUT2D eigenvalue weighted by atomic mass is 35.5. The largest absolute Gasteiger partial charge is 0.396 e. The van der Waals surface area contributed by atoms with E-state index in [-0.39, 0.29) is 12.5 Å². The molecular formula is C12H17ClO. The maximum atomic E-state index is 9.07. The Morgan fingerprint density at radius 2 is 1.71 bits per heavy atom. The van der Waals surface area contributed by atoms with Gasteiger partial charge in [0.2, 0.25) is 0 Å². The van der Waals surface area contributed by atoms with Crippen LogP contribution in [-0.4, -0.2) is 11.7 Å². The number of aliphatic hydroxyl groups excluding tert-OH is 1. The zero-order chi connectivity index (χ0) is 10.7. The summed E-state index contributed by atoms with van der Waals surface area (Å²) in [7, 11) is 0. The fourth-order valence-corrected chi connectivity index (χ4v) is 1.61. The minimum absolute atomic E-state index is 0.159. The first-order chi connectivity index (χ1) is 6.54. The van der Waals surface area contributed by atoms with E-state index in [2.05, 4.69) is 19.9 Å². The number of rotatable bonds is 3. The molecule has 1 N–H and O–H groups in total. The van der Waals surface area contributed by atoms with Gasteiger partial charge in [-0.05, 0) is 29.2 Å². The summed E-state index contributed by atoms with van der Waals surface area (Å²) < 4.78 is 0. The Morgan fingerprint density at radius 1 is 1.14 bits per heavy atom. The highest BCUT2D eigenvalue weighted by Gasteiger charge is 2.08. The predicted molar refractivity (Wildman–Crippen MR) is 61.0 cm³/mol. The lowest BCUT2D eigenvalue weighted by Crippen LogP contribution is -2.00. The number of aliphatic hydroxyl groups is 1. The molecule has 0 aliphatic carbocycles. The van der Waals surface area contributed by atoms with Crippen molar-refractivity contribution in [2.75, 3.05) is 6.61 Å². The maximum Gasteiger partial charge on any atom is 0.0497 e. The van der Waals surface area contributed by atoms with Crippen LogP contribution in [0.4, 0.5) is 0 Å². The summed E-state index contributed by atoms with van der Waals surface area (Å²) in [5, 5.41) is 9.82. The summed E-state index contributed by atoms with van der Waals surface area (Å²) in [6.07, 6.45) is 0. The summed E-state index contributed by atoms with van der Waals surface area (Å²) in [5.74, 6) is 0.629. The van der Waals surface area contributed by atoms with Gasteiger partial charge >= 0.3 is 0 Å². The van der Waals surface area contributed by atoms with Gasteiger partial charge in [0, 0.05) is 17.5 Å². The van der Waals surface area contributed by atoms with E-state index in [1.54, 1.807) is 0 Å². The van der Waals surface area contributed by atoms with E-state index in [1.807, 2.05) is 19.1 Å². The van der Waals surface area contributed by atoms with Gasteiger partial charge in [0.15, 0.2) is 0 Å². The summed E-state index contributed by atoms with van der Waals surface area (Å²) >= 11 is 6.01. The fourth-order valence-electron chi connectivity index (χ4n) is 1.36. The fraction of sp³-hybridized carbons (Fsp3) is 0.500. The monoisotopic (exact) mass is 212 g/mol. The summed E-state index contributed by atoms with van der Waals surface area (Å²) in [6.45, 7) is 6.44. The number of benzene rings is 1. The molecule has 1 aromatic carbocycles. The SMILES string of the molecule is CC(C)c1cc(Cl)cc(C(C)CO)c1. The minimum Gasteiger partial charge on any atom is -0.396 e. The summed E-state index contributed by atoms with van der Waals surface area (Å²) in [6, 6.07) is 6.03. The van der Waals surface area contributed by atoms with Gasteiger partial charge in [0.25, 0.3) is 0 Å². The van der Waals surface area contributed by atoms with Gasteiger partial charge in [-0.25, -0.2) is 0 Å². The summed E-state index contributed by atoms with van der Waals surface area (Å²) in [5.41, 5.74) is 2.34. The molecule has 2 heteroatoms. The Kier molecular flexibility index (Phi) is 3.97. The average molecular weight is 213 g/mol. The Hall–Kier alpha value is -0.530. The number of hydrogen-bond acceptors (Lipinski definition) is 1. The van der Waals surface area contributed by atoms with Crippen molar-refractivity contribution in [3.63, 3.8) is 0 Å². The second-order valence-corrected chi connectivity index (χ2v) is 4.49. The zero-order valence-electron chi connectivity index (χ0n) is 8.92. The van der Waals surface area contributed by atoms with Gasteiger partial charge < -0.3 is 5.11 Å². The maximum absolute atomic E-state index is 9.07. The lowest BCUT2D eigenvalue weighted by Gasteiger charge is -2.13. The molecular weight excluding hydrogens is 196 g/mol. The van der Waals surface area contributed by atoms with E-state index in [0.29, 0.717) is 5.92 Å². The van der Waals surface area contributed by atoms with Crippen molar-refractivity contribution in [2.24, 2.45) is 0 Å². The van der Waals surface area contributed by atoms with Crippen LogP contribution >= 0.6 is 11.6 Å². The van der Waals surface area contributed by atoms with E-state index in [0.717, 1.165) is 10.6 Å². The normalized spacial score (nSPS) is 13.3. The van der Waals surface area contributed by atoms with Crippen LogP contribution in [0.2, 0.25) is 5.02 Å². The van der Waals surface area contributed by atoms with Gasteiger partial charge in [-0.1, -0.05) is 38.4 Å². The van der Waals surface area contributed by atoms with Crippen molar-refractivity contribution in [1.82, 2.24) is 0 Å². The minimum atomic E-state index is 0.159. The topological polar surface area (TPSA) is 20.2 Å². The van der Waals surface area contributed by atoms with Gasteiger partial charge in [0.05, 0.1) is 0 Å². The Morgan fingerprint density at radius 3 is 2.21 bits per heavy atom. The van der Waals surface area contributed by atoms with Crippen molar-refractivity contribution in [3.05, 3.63) is 34.3 Å². The van der Waals surface area contributed by atoms with Crippen LogP contribution in [0.5, 0.6) is 0 Å². The Labute approximate surface area is 90.7 Å². The van der Waals surface area contributed by atoms with Crippen molar-refractivity contribution in [1.29, 1.82) is 0 Å². The molecule has 0 spiro atoms. The second-order valence-electron chi connectivity index (χ2n) is 4.06. The Balaban J connectivity index is 3.07. The van der Waals surface area contributed by atoms with Crippen LogP contribution < -0.4 is 0 Å². The van der Waals surface area contributed by atoms with Gasteiger partial charge in [-0.2, -0.15) is 0 Å². The van der Waals surface area contributed by atoms with Crippen LogP contribution in [0.15, 0.2) is 18.2 Å². The molecule has 1 atom stereocenters. The third kappa shape index (κ3) is 2.73. The third-order valence-electron chi connectivity index (χ3n) is 2.45. The molecule has 14 heavy (non-hydrogen) atoms. The first-order valence-electron chi connectivity index (χ1n) is 4.95.